The fourth-order valence-electron chi connectivity index (χ4n) is 4.43. The summed E-state index contributed by atoms with van der Waals surface area (Å²) in [4.78, 5) is 15.2. The standard InChI is InChI=1S/C25H30N2O4S/c1-18-3-8-24(17-19(18)2)32(30,31)27-15-11-22(12-16-27)25(29)26-13-9-21(10-14-26)20-4-6-23(28)7-5-20/h3-9,17,22,28H,10-16H2,1-2H3. The number of hydrogen-bond donors (Lipinski definition) is 1. The van der Waals surface area contributed by atoms with E-state index in [1.54, 1.807) is 24.3 Å². The minimum absolute atomic E-state index is 0.120. The summed E-state index contributed by atoms with van der Waals surface area (Å²) in [5, 5.41) is 9.46. The van der Waals surface area contributed by atoms with Crippen molar-refractivity contribution in [1.29, 1.82) is 0 Å². The molecule has 0 saturated carbocycles. The molecular formula is C25H30N2O4S. The molecule has 0 spiro atoms. The van der Waals surface area contributed by atoms with E-state index >= 15 is 0 Å². The van der Waals surface area contributed by atoms with E-state index < -0.39 is 10.0 Å². The molecule has 0 unspecified atom stereocenters. The Kier molecular flexibility index (Phi) is 6.40. The van der Waals surface area contributed by atoms with Gasteiger partial charge in [-0.2, -0.15) is 4.31 Å². The summed E-state index contributed by atoms with van der Waals surface area (Å²) < 4.78 is 27.6. The summed E-state index contributed by atoms with van der Waals surface area (Å²) >= 11 is 0. The zero-order chi connectivity index (χ0) is 22.9. The van der Waals surface area contributed by atoms with E-state index in [4.69, 9.17) is 0 Å². The number of amides is 1. The molecule has 2 heterocycles. The number of sulfonamides is 1. The van der Waals surface area contributed by atoms with Gasteiger partial charge in [-0.1, -0.05) is 24.3 Å². The van der Waals surface area contributed by atoms with E-state index in [-0.39, 0.29) is 17.6 Å². The van der Waals surface area contributed by atoms with E-state index in [1.165, 1.54) is 9.88 Å². The van der Waals surface area contributed by atoms with Crippen molar-refractivity contribution in [2.24, 2.45) is 5.92 Å². The lowest BCUT2D eigenvalue weighted by Crippen LogP contribution is -2.45. The number of rotatable bonds is 4. The second kappa shape index (κ2) is 9.08. The van der Waals surface area contributed by atoms with Gasteiger partial charge < -0.3 is 10.0 Å². The first kappa shape index (κ1) is 22.6. The first-order chi connectivity index (χ1) is 15.3. The number of phenols is 1. The Balaban J connectivity index is 1.35. The fourth-order valence-corrected chi connectivity index (χ4v) is 5.99. The van der Waals surface area contributed by atoms with Crippen LogP contribution in [0.5, 0.6) is 5.75 Å². The molecule has 4 rings (SSSR count). The van der Waals surface area contributed by atoms with Gasteiger partial charge in [-0.15, -0.1) is 0 Å². The summed E-state index contributed by atoms with van der Waals surface area (Å²) in [5.74, 6) is 0.229. The monoisotopic (exact) mass is 454 g/mol. The Morgan fingerprint density at radius 1 is 0.969 bits per heavy atom. The largest absolute Gasteiger partial charge is 0.508 e. The van der Waals surface area contributed by atoms with E-state index in [0.29, 0.717) is 43.9 Å². The van der Waals surface area contributed by atoms with Crippen molar-refractivity contribution >= 4 is 21.5 Å². The van der Waals surface area contributed by atoms with E-state index in [0.717, 1.165) is 23.1 Å². The second-order valence-corrected chi connectivity index (χ2v) is 10.7. The van der Waals surface area contributed by atoms with E-state index in [1.807, 2.05) is 36.9 Å². The number of aromatic hydroxyl groups is 1. The molecule has 2 aromatic rings. The van der Waals surface area contributed by atoms with Crippen LogP contribution >= 0.6 is 0 Å². The van der Waals surface area contributed by atoms with Crippen molar-refractivity contribution in [3.8, 4) is 5.75 Å². The highest BCUT2D eigenvalue weighted by atomic mass is 32.2. The van der Waals surface area contributed by atoms with Gasteiger partial charge in [-0.25, -0.2) is 8.42 Å². The Labute approximate surface area is 190 Å². The number of carbonyl (C=O) groups is 1. The van der Waals surface area contributed by atoms with E-state index in [9.17, 15) is 18.3 Å². The molecule has 170 valence electrons. The summed E-state index contributed by atoms with van der Waals surface area (Å²) in [5.41, 5.74) is 4.28. The number of nitrogens with zero attached hydrogens (tertiary/aromatic N) is 2. The maximum atomic E-state index is 13.0. The van der Waals surface area contributed by atoms with Crippen LogP contribution in [-0.2, 0) is 14.8 Å². The molecule has 0 atom stereocenters. The highest BCUT2D eigenvalue weighted by molar-refractivity contribution is 7.89. The van der Waals surface area contributed by atoms with Crippen molar-refractivity contribution < 1.29 is 18.3 Å². The predicted molar refractivity (Wildman–Crippen MR) is 125 cm³/mol. The fraction of sp³-hybridized carbons (Fsp3) is 0.400. The van der Waals surface area contributed by atoms with Crippen LogP contribution in [0.1, 0.15) is 36.0 Å². The van der Waals surface area contributed by atoms with Crippen molar-refractivity contribution in [2.45, 2.75) is 38.0 Å². The minimum Gasteiger partial charge on any atom is -0.508 e. The summed E-state index contributed by atoms with van der Waals surface area (Å²) in [7, 11) is -3.54. The third-order valence-corrected chi connectivity index (χ3v) is 8.57. The molecule has 0 aliphatic carbocycles. The second-order valence-electron chi connectivity index (χ2n) is 8.73. The average molecular weight is 455 g/mol. The number of carbonyl (C=O) groups excluding carboxylic acids is 1. The molecular weight excluding hydrogens is 424 g/mol. The van der Waals surface area contributed by atoms with Crippen molar-refractivity contribution in [2.75, 3.05) is 26.2 Å². The molecule has 1 fully saturated rings. The molecule has 7 heteroatoms. The van der Waals surface area contributed by atoms with Gasteiger partial charge in [0.1, 0.15) is 5.75 Å². The minimum atomic E-state index is -3.54. The molecule has 1 N–H and O–H groups in total. The number of benzene rings is 2. The Hall–Kier alpha value is -2.64. The van der Waals surface area contributed by atoms with Gasteiger partial charge in [0.2, 0.25) is 15.9 Å². The van der Waals surface area contributed by atoms with Crippen LogP contribution < -0.4 is 0 Å². The molecule has 2 aliphatic heterocycles. The van der Waals surface area contributed by atoms with Gasteiger partial charge in [-0.05, 0) is 79.6 Å². The molecule has 6 nitrogen and oxygen atoms in total. The Morgan fingerprint density at radius 3 is 2.25 bits per heavy atom. The predicted octanol–water partition coefficient (Wildman–Crippen LogP) is 3.73. The summed E-state index contributed by atoms with van der Waals surface area (Å²) in [6, 6.07) is 12.4. The molecule has 1 saturated heterocycles. The van der Waals surface area contributed by atoms with Gasteiger partial charge >= 0.3 is 0 Å². The van der Waals surface area contributed by atoms with Crippen molar-refractivity contribution in [3.63, 3.8) is 0 Å². The lowest BCUT2D eigenvalue weighted by molar-refractivity contribution is -0.136. The topological polar surface area (TPSA) is 77.9 Å². The maximum absolute atomic E-state index is 13.0. The molecule has 1 amide bonds. The van der Waals surface area contributed by atoms with Crippen molar-refractivity contribution in [1.82, 2.24) is 9.21 Å². The van der Waals surface area contributed by atoms with Gasteiger partial charge in [-0.3, -0.25) is 4.79 Å². The quantitative estimate of drug-likeness (QED) is 0.764. The first-order valence-corrected chi connectivity index (χ1v) is 12.5. The van der Waals surface area contributed by atoms with Crippen LogP contribution in [-0.4, -0.2) is 54.8 Å². The summed E-state index contributed by atoms with van der Waals surface area (Å²) in [6.45, 7) is 5.84. The van der Waals surface area contributed by atoms with Crippen LogP contribution in [0.3, 0.4) is 0 Å². The van der Waals surface area contributed by atoms with Crippen LogP contribution in [0.25, 0.3) is 5.57 Å². The number of aryl methyl sites for hydroxylation is 2. The number of piperidine rings is 1. The van der Waals surface area contributed by atoms with Gasteiger partial charge in [0.05, 0.1) is 4.90 Å². The maximum Gasteiger partial charge on any atom is 0.243 e. The van der Waals surface area contributed by atoms with Crippen LogP contribution in [0, 0.1) is 19.8 Å². The van der Waals surface area contributed by atoms with Gasteiger partial charge in [0.15, 0.2) is 0 Å². The van der Waals surface area contributed by atoms with Gasteiger partial charge in [0, 0.05) is 32.1 Å². The number of hydrogen-bond acceptors (Lipinski definition) is 4. The molecule has 0 radical (unpaired) electrons. The normalized spacial score (nSPS) is 18.4. The summed E-state index contributed by atoms with van der Waals surface area (Å²) in [6.07, 6.45) is 3.95. The average Bonchev–Trinajstić information content (AvgIpc) is 2.81. The Morgan fingerprint density at radius 2 is 1.66 bits per heavy atom. The van der Waals surface area contributed by atoms with Gasteiger partial charge in [0.25, 0.3) is 0 Å². The molecule has 2 aromatic carbocycles. The lowest BCUT2D eigenvalue weighted by atomic mass is 9.94. The first-order valence-electron chi connectivity index (χ1n) is 11.1. The van der Waals surface area contributed by atoms with Crippen LogP contribution in [0.2, 0.25) is 0 Å². The zero-order valence-electron chi connectivity index (χ0n) is 18.6. The SMILES string of the molecule is Cc1ccc(S(=O)(=O)N2CCC(C(=O)N3CC=C(c4ccc(O)cc4)CC3)CC2)cc1C. The third kappa shape index (κ3) is 4.59. The lowest BCUT2D eigenvalue weighted by Gasteiger charge is -2.35. The highest BCUT2D eigenvalue weighted by Crippen LogP contribution is 2.29. The number of phenolic OH excluding ortho intramolecular Hbond substituents is 1. The van der Waals surface area contributed by atoms with E-state index in [2.05, 4.69) is 6.08 Å². The molecule has 0 aromatic heterocycles. The van der Waals surface area contributed by atoms with Crippen LogP contribution in [0.15, 0.2) is 53.4 Å². The van der Waals surface area contributed by atoms with Crippen molar-refractivity contribution in [3.05, 3.63) is 65.2 Å². The molecule has 2 aliphatic rings. The Bertz CT molecular complexity index is 1130. The zero-order valence-corrected chi connectivity index (χ0v) is 19.4. The third-order valence-electron chi connectivity index (χ3n) is 6.68. The molecule has 32 heavy (non-hydrogen) atoms. The smallest absolute Gasteiger partial charge is 0.243 e. The van der Waals surface area contributed by atoms with Crippen LogP contribution in [0.4, 0.5) is 0 Å². The highest BCUT2D eigenvalue weighted by Gasteiger charge is 2.34. The molecule has 0 bridgehead atoms.